The molecule has 9 aromatic carbocycles. The Morgan fingerprint density at radius 3 is 1.42 bits per heavy atom. The quantitative estimate of drug-likeness (QED) is 0.174. The normalized spacial score (nSPS) is 13.0. The number of benzene rings is 9. The molecular formula is C58H35N3S. The summed E-state index contributed by atoms with van der Waals surface area (Å²) in [5, 5.41) is 2.54. The van der Waals surface area contributed by atoms with Crippen LogP contribution in [0.25, 0.3) is 98.8 Å². The van der Waals surface area contributed by atoms with Gasteiger partial charge in [-0.15, -0.1) is 11.3 Å². The summed E-state index contributed by atoms with van der Waals surface area (Å²) in [6, 6.07) is 76.7. The van der Waals surface area contributed by atoms with Gasteiger partial charge in [-0.3, -0.25) is 0 Å². The van der Waals surface area contributed by atoms with E-state index in [0.717, 1.165) is 33.4 Å². The van der Waals surface area contributed by atoms with Crippen molar-refractivity contribution in [1.29, 1.82) is 0 Å². The second-order valence-corrected chi connectivity index (χ2v) is 17.2. The fourth-order valence-corrected chi connectivity index (χ4v) is 11.6. The molecule has 0 atom stereocenters. The topological polar surface area (TPSA) is 38.7 Å². The molecule has 0 radical (unpaired) electrons. The van der Waals surface area contributed by atoms with E-state index in [9.17, 15) is 0 Å². The molecule has 3 nitrogen and oxygen atoms in total. The van der Waals surface area contributed by atoms with Crippen LogP contribution in [0.4, 0.5) is 0 Å². The zero-order valence-electron chi connectivity index (χ0n) is 33.5. The van der Waals surface area contributed by atoms with E-state index in [2.05, 4.69) is 194 Å². The maximum absolute atomic E-state index is 5.41. The van der Waals surface area contributed by atoms with Crippen molar-refractivity contribution < 1.29 is 0 Å². The van der Waals surface area contributed by atoms with E-state index in [1.165, 1.54) is 70.2 Å². The van der Waals surface area contributed by atoms with Crippen molar-refractivity contribution in [3.63, 3.8) is 0 Å². The summed E-state index contributed by atoms with van der Waals surface area (Å²) in [6.45, 7) is 0. The first-order valence-electron chi connectivity index (χ1n) is 21.1. The third-order valence-electron chi connectivity index (χ3n) is 13.0. The molecule has 0 fully saturated rings. The molecule has 0 N–H and O–H groups in total. The van der Waals surface area contributed by atoms with E-state index in [-0.39, 0.29) is 0 Å². The third kappa shape index (κ3) is 5.02. The van der Waals surface area contributed by atoms with Crippen LogP contribution in [-0.2, 0) is 5.41 Å². The lowest BCUT2D eigenvalue weighted by atomic mass is 9.70. The molecule has 4 heteroatoms. The summed E-state index contributed by atoms with van der Waals surface area (Å²) in [5.41, 5.74) is 17.3. The molecule has 2 heterocycles. The van der Waals surface area contributed by atoms with Crippen molar-refractivity contribution in [3.05, 3.63) is 235 Å². The number of rotatable bonds is 5. The van der Waals surface area contributed by atoms with E-state index in [4.69, 9.17) is 15.0 Å². The Labute approximate surface area is 363 Å². The van der Waals surface area contributed by atoms with Gasteiger partial charge in [-0.25, -0.2) is 15.0 Å². The van der Waals surface area contributed by atoms with Crippen LogP contribution in [0.5, 0.6) is 0 Å². The Balaban J connectivity index is 1.02. The summed E-state index contributed by atoms with van der Waals surface area (Å²) in [7, 11) is 0. The predicted molar refractivity (Wildman–Crippen MR) is 256 cm³/mol. The number of aromatic nitrogens is 3. The van der Waals surface area contributed by atoms with Gasteiger partial charge in [-0.1, -0.05) is 200 Å². The van der Waals surface area contributed by atoms with E-state index in [1.807, 2.05) is 29.5 Å². The summed E-state index contributed by atoms with van der Waals surface area (Å²) in [4.78, 5) is 15.9. The molecule has 288 valence electrons. The summed E-state index contributed by atoms with van der Waals surface area (Å²) >= 11 is 1.84. The highest BCUT2D eigenvalue weighted by molar-refractivity contribution is 7.26. The van der Waals surface area contributed by atoms with Gasteiger partial charge in [0.25, 0.3) is 0 Å². The van der Waals surface area contributed by atoms with Gasteiger partial charge < -0.3 is 0 Å². The molecular weight excluding hydrogens is 771 g/mol. The SMILES string of the molecule is c1ccc(-c2nc(-c3ccccc3-c3ccc4c(c3)C3(c5ccccc5-c5ccccc53)c3ccccc3-4)nc(-c3ccccc3-c3cccc4c3sc3ccccc34)n2)cc1. The first-order valence-corrected chi connectivity index (χ1v) is 21.9. The van der Waals surface area contributed by atoms with Crippen molar-refractivity contribution in [1.82, 2.24) is 15.0 Å². The second kappa shape index (κ2) is 13.6. The predicted octanol–water partition coefficient (Wildman–Crippen LogP) is 14.9. The molecule has 0 saturated heterocycles. The monoisotopic (exact) mass is 805 g/mol. The summed E-state index contributed by atoms with van der Waals surface area (Å²) < 4.78 is 2.54. The summed E-state index contributed by atoms with van der Waals surface area (Å²) in [6.07, 6.45) is 0. The molecule has 0 saturated carbocycles. The van der Waals surface area contributed by atoms with Crippen LogP contribution in [0.15, 0.2) is 212 Å². The Bertz CT molecular complexity index is 3540. The molecule has 0 bridgehead atoms. The minimum Gasteiger partial charge on any atom is -0.208 e. The maximum Gasteiger partial charge on any atom is 0.164 e. The zero-order valence-corrected chi connectivity index (χ0v) is 34.3. The molecule has 0 amide bonds. The third-order valence-corrected chi connectivity index (χ3v) is 14.2. The average Bonchev–Trinajstić information content (AvgIpc) is 3.98. The van der Waals surface area contributed by atoms with Crippen molar-refractivity contribution >= 4 is 31.5 Å². The number of thiophene rings is 1. The minimum absolute atomic E-state index is 0.439. The maximum atomic E-state index is 5.41. The van der Waals surface area contributed by atoms with Gasteiger partial charge in [0.1, 0.15) is 0 Å². The van der Waals surface area contributed by atoms with E-state index < -0.39 is 5.41 Å². The van der Waals surface area contributed by atoms with Crippen molar-refractivity contribution in [2.75, 3.05) is 0 Å². The second-order valence-electron chi connectivity index (χ2n) is 16.2. The Kier molecular flexibility index (Phi) is 7.69. The van der Waals surface area contributed by atoms with Gasteiger partial charge in [0.2, 0.25) is 0 Å². The van der Waals surface area contributed by atoms with E-state index in [1.54, 1.807) is 0 Å². The molecule has 2 aliphatic rings. The van der Waals surface area contributed by atoms with Gasteiger partial charge in [0.15, 0.2) is 17.5 Å². The molecule has 1 spiro atoms. The first-order chi connectivity index (χ1) is 30.8. The first kappa shape index (κ1) is 35.0. The number of fused-ring (bicyclic) bond motifs is 13. The number of hydrogen-bond acceptors (Lipinski definition) is 4. The van der Waals surface area contributed by atoms with Crippen LogP contribution in [0.2, 0.25) is 0 Å². The lowest BCUT2D eigenvalue weighted by molar-refractivity contribution is 0.794. The van der Waals surface area contributed by atoms with Crippen molar-refractivity contribution in [2.24, 2.45) is 0 Å². The lowest BCUT2D eigenvalue weighted by Crippen LogP contribution is -2.25. The van der Waals surface area contributed by atoms with Crippen molar-refractivity contribution in [2.45, 2.75) is 5.41 Å². The van der Waals surface area contributed by atoms with Gasteiger partial charge >= 0.3 is 0 Å². The minimum atomic E-state index is -0.439. The smallest absolute Gasteiger partial charge is 0.164 e. The van der Waals surface area contributed by atoms with Crippen LogP contribution < -0.4 is 0 Å². The fraction of sp³-hybridized carbons (Fsp3) is 0.0172. The Morgan fingerprint density at radius 2 is 0.758 bits per heavy atom. The highest BCUT2D eigenvalue weighted by Gasteiger charge is 2.51. The molecule has 2 aliphatic carbocycles. The average molecular weight is 806 g/mol. The molecule has 13 rings (SSSR count). The molecule has 0 aliphatic heterocycles. The Hall–Kier alpha value is -7.79. The number of nitrogens with zero attached hydrogens (tertiary/aromatic N) is 3. The number of hydrogen-bond donors (Lipinski definition) is 0. The zero-order chi connectivity index (χ0) is 40.8. The van der Waals surface area contributed by atoms with Gasteiger partial charge in [-0.05, 0) is 73.3 Å². The van der Waals surface area contributed by atoms with Gasteiger partial charge in [0.05, 0.1) is 5.41 Å². The Morgan fingerprint density at radius 1 is 0.290 bits per heavy atom. The summed E-state index contributed by atoms with van der Waals surface area (Å²) in [5.74, 6) is 1.91. The molecule has 2 aromatic heterocycles. The van der Waals surface area contributed by atoms with Crippen LogP contribution in [0.1, 0.15) is 22.3 Å². The van der Waals surface area contributed by atoms with Crippen LogP contribution in [0.3, 0.4) is 0 Å². The largest absolute Gasteiger partial charge is 0.208 e. The standard InChI is InChI=1S/C58H35N3S/c1-2-17-36(18-3-1)55-59-56(61-57(60-55)48-26-7-5-20-39(48)45-27-16-28-46-44-24-11-15-32-53(44)62-54(45)46)47-25-6-4-19-38(47)37-33-34-43-42-23-10-14-31-51(42)58(52(43)35-37)49-29-12-8-21-40(49)41-22-9-13-30-50(41)58/h1-35H. The van der Waals surface area contributed by atoms with Crippen LogP contribution in [-0.4, -0.2) is 15.0 Å². The van der Waals surface area contributed by atoms with Crippen LogP contribution >= 0.6 is 11.3 Å². The van der Waals surface area contributed by atoms with Gasteiger partial charge in [-0.2, -0.15) is 0 Å². The van der Waals surface area contributed by atoms with Crippen LogP contribution in [0, 0.1) is 0 Å². The van der Waals surface area contributed by atoms with Crippen molar-refractivity contribution in [3.8, 4) is 78.7 Å². The van der Waals surface area contributed by atoms with E-state index >= 15 is 0 Å². The van der Waals surface area contributed by atoms with E-state index in [0.29, 0.717) is 17.5 Å². The highest BCUT2D eigenvalue weighted by atomic mass is 32.1. The van der Waals surface area contributed by atoms with Gasteiger partial charge in [0, 0.05) is 42.4 Å². The molecule has 11 aromatic rings. The fourth-order valence-electron chi connectivity index (χ4n) is 10.4. The molecule has 62 heavy (non-hydrogen) atoms. The highest BCUT2D eigenvalue weighted by Crippen LogP contribution is 2.63. The molecule has 0 unspecified atom stereocenters. The lowest BCUT2D eigenvalue weighted by Gasteiger charge is -2.30.